The molecule has 0 amide bonds. The van der Waals surface area contributed by atoms with E-state index in [4.69, 9.17) is 9.47 Å². The van der Waals surface area contributed by atoms with Crippen LogP contribution in [0.15, 0.2) is 17.7 Å². The summed E-state index contributed by atoms with van der Waals surface area (Å²) in [4.78, 5) is 33.4. The average Bonchev–Trinajstić information content (AvgIpc) is 2.36. The Labute approximate surface area is 123 Å². The second kappa shape index (κ2) is 5.02. The number of phenols is 2. The van der Waals surface area contributed by atoms with Gasteiger partial charge in [0.25, 0.3) is 5.79 Å². The second-order valence-electron chi connectivity index (χ2n) is 4.90. The molecule has 2 rings (SSSR count). The summed E-state index contributed by atoms with van der Waals surface area (Å²) < 4.78 is 9.73. The van der Waals surface area contributed by atoms with E-state index in [2.05, 4.69) is 0 Å². The topological polar surface area (TPSA) is 136 Å². The molecule has 0 atom stereocenters. The molecule has 0 aliphatic carbocycles. The third-order valence-corrected chi connectivity index (χ3v) is 2.72. The molecule has 0 spiro atoms. The van der Waals surface area contributed by atoms with E-state index in [0.717, 1.165) is 18.2 Å². The Balaban J connectivity index is 2.48. The Morgan fingerprint density at radius 2 is 1.73 bits per heavy atom. The second-order valence-corrected chi connectivity index (χ2v) is 4.90. The Morgan fingerprint density at radius 3 is 2.23 bits per heavy atom. The van der Waals surface area contributed by atoms with Gasteiger partial charge in [-0.05, 0) is 17.7 Å². The average molecular weight is 309 g/mol. The SMILES string of the molecule is CC1(C)OC(=O)C(=Cc2cc(O)c(O)c([N+](=O)[O-])c2)C(=O)O1. The molecule has 0 saturated carbocycles. The lowest BCUT2D eigenvalue weighted by Crippen LogP contribution is -2.41. The van der Waals surface area contributed by atoms with Crippen LogP contribution >= 0.6 is 0 Å². The van der Waals surface area contributed by atoms with Crippen LogP contribution in [0.25, 0.3) is 6.08 Å². The van der Waals surface area contributed by atoms with Gasteiger partial charge in [0.2, 0.25) is 5.75 Å². The summed E-state index contributed by atoms with van der Waals surface area (Å²) in [6.07, 6.45) is 0.964. The van der Waals surface area contributed by atoms with Gasteiger partial charge in [-0.1, -0.05) is 0 Å². The number of nitro groups is 1. The maximum Gasteiger partial charge on any atom is 0.348 e. The quantitative estimate of drug-likeness (QED) is 0.208. The van der Waals surface area contributed by atoms with Gasteiger partial charge >= 0.3 is 17.6 Å². The Hall–Kier alpha value is -3.10. The third kappa shape index (κ3) is 2.82. The molecule has 1 aliphatic heterocycles. The summed E-state index contributed by atoms with van der Waals surface area (Å²) >= 11 is 0. The Morgan fingerprint density at radius 1 is 1.18 bits per heavy atom. The van der Waals surface area contributed by atoms with E-state index in [9.17, 15) is 29.9 Å². The molecule has 0 radical (unpaired) electrons. The molecular weight excluding hydrogens is 298 g/mol. The number of nitrogens with zero attached hydrogens (tertiary/aromatic N) is 1. The number of esters is 2. The summed E-state index contributed by atoms with van der Waals surface area (Å²) in [6.45, 7) is 2.74. The van der Waals surface area contributed by atoms with Crippen LogP contribution in [0.5, 0.6) is 11.5 Å². The number of carbonyl (C=O) groups is 2. The standard InChI is InChI=1S/C13H11NO8/c1-13(2)21-11(17)7(12(18)22-13)3-6-4-8(14(19)20)10(16)9(15)5-6/h3-5,15-16H,1-2H3. The van der Waals surface area contributed by atoms with Crippen molar-refractivity contribution < 1.29 is 34.2 Å². The number of carbonyl (C=O) groups excluding carboxylic acids is 2. The lowest BCUT2D eigenvalue weighted by atomic mass is 10.1. The van der Waals surface area contributed by atoms with Crippen molar-refractivity contribution in [2.45, 2.75) is 19.6 Å². The number of rotatable bonds is 2. The molecule has 1 heterocycles. The van der Waals surface area contributed by atoms with E-state index in [1.807, 2.05) is 0 Å². The molecule has 116 valence electrons. The van der Waals surface area contributed by atoms with Crippen molar-refractivity contribution in [3.05, 3.63) is 33.4 Å². The van der Waals surface area contributed by atoms with Gasteiger partial charge in [-0.2, -0.15) is 0 Å². The van der Waals surface area contributed by atoms with Crippen molar-refractivity contribution in [3.63, 3.8) is 0 Å². The highest BCUT2D eigenvalue weighted by Crippen LogP contribution is 2.37. The maximum atomic E-state index is 11.8. The first-order valence-corrected chi connectivity index (χ1v) is 5.99. The molecule has 9 nitrogen and oxygen atoms in total. The molecule has 9 heteroatoms. The van der Waals surface area contributed by atoms with Gasteiger partial charge in [0.05, 0.1) is 4.92 Å². The van der Waals surface area contributed by atoms with Gasteiger partial charge in [0.15, 0.2) is 5.75 Å². The number of nitro benzene ring substituents is 1. The van der Waals surface area contributed by atoms with E-state index < -0.39 is 45.4 Å². The largest absolute Gasteiger partial charge is 0.504 e. The zero-order chi connectivity index (χ0) is 16.7. The first-order valence-electron chi connectivity index (χ1n) is 5.99. The van der Waals surface area contributed by atoms with Crippen LogP contribution in [0.4, 0.5) is 5.69 Å². The van der Waals surface area contributed by atoms with Gasteiger partial charge in [0.1, 0.15) is 5.57 Å². The molecule has 1 aromatic rings. The van der Waals surface area contributed by atoms with Gasteiger partial charge in [0, 0.05) is 19.9 Å². The summed E-state index contributed by atoms with van der Waals surface area (Å²) in [6, 6.07) is 1.85. The van der Waals surface area contributed by atoms with Crippen molar-refractivity contribution in [2.24, 2.45) is 0 Å². The van der Waals surface area contributed by atoms with Crippen LogP contribution in [-0.2, 0) is 19.1 Å². The Bertz CT molecular complexity index is 697. The highest BCUT2D eigenvalue weighted by molar-refractivity contribution is 6.18. The van der Waals surface area contributed by atoms with E-state index >= 15 is 0 Å². The van der Waals surface area contributed by atoms with Gasteiger partial charge in [-0.25, -0.2) is 9.59 Å². The number of cyclic esters (lactones) is 2. The predicted octanol–water partition coefficient (Wildman–Crippen LogP) is 1.23. The highest BCUT2D eigenvalue weighted by atomic mass is 16.7. The van der Waals surface area contributed by atoms with E-state index in [0.29, 0.717) is 0 Å². The number of phenolic OH excluding ortho intramolecular Hbond substituents is 2. The third-order valence-electron chi connectivity index (χ3n) is 2.72. The normalized spacial score (nSPS) is 16.7. The molecular formula is C13H11NO8. The van der Waals surface area contributed by atoms with Crippen molar-refractivity contribution in [1.29, 1.82) is 0 Å². The van der Waals surface area contributed by atoms with E-state index in [1.54, 1.807) is 0 Å². The van der Waals surface area contributed by atoms with Crippen LogP contribution in [0.3, 0.4) is 0 Å². The zero-order valence-electron chi connectivity index (χ0n) is 11.5. The summed E-state index contributed by atoms with van der Waals surface area (Å²) in [5.41, 5.74) is -1.31. The monoisotopic (exact) mass is 309 g/mol. The number of aromatic hydroxyl groups is 2. The minimum absolute atomic E-state index is 0.0504. The highest BCUT2D eigenvalue weighted by Gasteiger charge is 2.39. The summed E-state index contributed by atoms with van der Waals surface area (Å²) in [7, 11) is 0. The molecule has 22 heavy (non-hydrogen) atoms. The summed E-state index contributed by atoms with van der Waals surface area (Å²) in [5.74, 6) is -5.01. The van der Waals surface area contributed by atoms with E-state index in [-0.39, 0.29) is 5.56 Å². The Kier molecular flexibility index (Phi) is 3.49. The fraction of sp³-hybridized carbons (Fsp3) is 0.231. The summed E-state index contributed by atoms with van der Waals surface area (Å²) in [5, 5.41) is 29.6. The molecule has 0 bridgehead atoms. The number of benzene rings is 1. The van der Waals surface area contributed by atoms with Gasteiger partial charge < -0.3 is 19.7 Å². The zero-order valence-corrected chi connectivity index (χ0v) is 11.5. The van der Waals surface area contributed by atoms with Crippen LogP contribution in [-0.4, -0.2) is 32.9 Å². The maximum absolute atomic E-state index is 11.8. The number of hydrogen-bond donors (Lipinski definition) is 2. The molecule has 1 aromatic carbocycles. The van der Waals surface area contributed by atoms with Crippen LogP contribution in [0, 0.1) is 10.1 Å². The van der Waals surface area contributed by atoms with Crippen LogP contribution in [0.2, 0.25) is 0 Å². The molecule has 0 unspecified atom stereocenters. The first-order chi connectivity index (χ1) is 10.1. The fourth-order valence-corrected chi connectivity index (χ4v) is 1.79. The van der Waals surface area contributed by atoms with Crippen molar-refractivity contribution in [1.82, 2.24) is 0 Å². The van der Waals surface area contributed by atoms with Crippen molar-refractivity contribution in [2.75, 3.05) is 0 Å². The number of ether oxygens (including phenoxy) is 2. The molecule has 1 aliphatic rings. The minimum Gasteiger partial charge on any atom is -0.504 e. The number of hydrogen-bond acceptors (Lipinski definition) is 8. The van der Waals surface area contributed by atoms with Crippen molar-refractivity contribution in [3.8, 4) is 11.5 Å². The molecule has 2 N–H and O–H groups in total. The predicted molar refractivity (Wildman–Crippen MR) is 70.7 cm³/mol. The lowest BCUT2D eigenvalue weighted by Gasteiger charge is -2.29. The van der Waals surface area contributed by atoms with Crippen molar-refractivity contribution >= 4 is 23.7 Å². The molecule has 1 fully saturated rings. The van der Waals surface area contributed by atoms with Crippen LogP contribution in [0.1, 0.15) is 19.4 Å². The first kappa shape index (κ1) is 15.3. The minimum atomic E-state index is -1.41. The smallest absolute Gasteiger partial charge is 0.348 e. The van der Waals surface area contributed by atoms with Gasteiger partial charge in [-0.15, -0.1) is 0 Å². The van der Waals surface area contributed by atoms with Gasteiger partial charge in [-0.3, -0.25) is 10.1 Å². The fourth-order valence-electron chi connectivity index (χ4n) is 1.79. The molecule has 1 saturated heterocycles. The van der Waals surface area contributed by atoms with Crippen LogP contribution < -0.4 is 0 Å². The van der Waals surface area contributed by atoms with E-state index in [1.165, 1.54) is 13.8 Å². The molecule has 0 aromatic heterocycles. The lowest BCUT2D eigenvalue weighted by molar-refractivity contribution is -0.386.